The summed E-state index contributed by atoms with van der Waals surface area (Å²) in [7, 11) is 0. The summed E-state index contributed by atoms with van der Waals surface area (Å²) in [4.78, 5) is 18.2. The number of aromatic nitrogens is 1. The van der Waals surface area contributed by atoms with E-state index in [2.05, 4.69) is 39.6 Å². The van der Waals surface area contributed by atoms with Crippen molar-refractivity contribution >= 4 is 16.8 Å². The highest BCUT2D eigenvalue weighted by Gasteiger charge is 2.35. The van der Waals surface area contributed by atoms with E-state index in [0.29, 0.717) is 18.5 Å². The Hall–Kier alpha value is -1.81. The lowest BCUT2D eigenvalue weighted by atomic mass is 9.99. The standard InChI is InChI=1S/C20H27N3O/c24-20(22-18-11-13-23-12-4-3-9-19(18)23)10-5-6-15-14-21-17-8-2-1-7-16(15)17/h1-2,7-8,14,18-19,21H,3-6,9-13H2,(H,22,24). The smallest absolute Gasteiger partial charge is 0.220 e. The Kier molecular flexibility index (Phi) is 4.56. The number of nitrogens with zero attached hydrogens (tertiary/aromatic N) is 1. The molecule has 2 N–H and O–H groups in total. The van der Waals surface area contributed by atoms with Gasteiger partial charge in [-0.15, -0.1) is 0 Å². The zero-order valence-corrected chi connectivity index (χ0v) is 14.3. The Labute approximate surface area is 143 Å². The molecule has 2 saturated heterocycles. The number of carbonyl (C=O) groups excluding carboxylic acids is 1. The number of piperidine rings is 1. The number of hydrogen-bond donors (Lipinski definition) is 2. The van der Waals surface area contributed by atoms with Gasteiger partial charge >= 0.3 is 0 Å². The summed E-state index contributed by atoms with van der Waals surface area (Å²) in [6.45, 7) is 2.38. The van der Waals surface area contributed by atoms with Crippen molar-refractivity contribution < 1.29 is 4.79 Å². The number of H-pyrrole nitrogens is 1. The lowest BCUT2D eigenvalue weighted by Gasteiger charge is -2.32. The number of aryl methyl sites for hydroxylation is 1. The summed E-state index contributed by atoms with van der Waals surface area (Å²) in [5.74, 6) is 0.229. The Bertz CT molecular complexity index is 708. The van der Waals surface area contributed by atoms with Crippen molar-refractivity contribution in [3.8, 4) is 0 Å². The quantitative estimate of drug-likeness (QED) is 0.886. The van der Waals surface area contributed by atoms with Crippen LogP contribution < -0.4 is 5.32 Å². The molecule has 2 aromatic rings. The van der Waals surface area contributed by atoms with E-state index in [0.717, 1.165) is 25.8 Å². The van der Waals surface area contributed by atoms with Gasteiger partial charge in [-0.25, -0.2) is 0 Å². The van der Waals surface area contributed by atoms with Gasteiger partial charge in [0.15, 0.2) is 0 Å². The normalized spacial score (nSPS) is 24.2. The van der Waals surface area contributed by atoms with Crippen LogP contribution >= 0.6 is 0 Å². The van der Waals surface area contributed by atoms with Gasteiger partial charge in [0.25, 0.3) is 0 Å². The highest BCUT2D eigenvalue weighted by atomic mass is 16.1. The number of hydrogen-bond acceptors (Lipinski definition) is 2. The lowest BCUT2D eigenvalue weighted by Crippen LogP contribution is -2.46. The first-order valence-electron chi connectivity index (χ1n) is 9.40. The SMILES string of the molecule is O=C(CCCc1c[nH]c2ccccc12)NC1CCN2CCCCC12. The van der Waals surface area contributed by atoms with E-state index in [1.54, 1.807) is 0 Å². The zero-order valence-electron chi connectivity index (χ0n) is 14.3. The van der Waals surface area contributed by atoms with Gasteiger partial charge in [0.2, 0.25) is 5.91 Å². The van der Waals surface area contributed by atoms with E-state index in [9.17, 15) is 4.79 Å². The van der Waals surface area contributed by atoms with Gasteiger partial charge in [-0.1, -0.05) is 24.6 Å². The topological polar surface area (TPSA) is 48.1 Å². The van der Waals surface area contributed by atoms with Crippen LogP contribution in [-0.2, 0) is 11.2 Å². The fraction of sp³-hybridized carbons (Fsp3) is 0.550. The lowest BCUT2D eigenvalue weighted by molar-refractivity contribution is -0.122. The molecule has 2 atom stereocenters. The first kappa shape index (κ1) is 15.7. The second-order valence-electron chi connectivity index (χ2n) is 7.27. The predicted octanol–water partition coefficient (Wildman–Crippen LogP) is 3.23. The molecule has 2 aliphatic heterocycles. The molecule has 0 radical (unpaired) electrons. The predicted molar refractivity (Wildman–Crippen MR) is 97.0 cm³/mol. The molecule has 0 spiro atoms. The van der Waals surface area contributed by atoms with E-state index in [1.165, 1.54) is 42.3 Å². The molecule has 4 nitrogen and oxygen atoms in total. The highest BCUT2D eigenvalue weighted by Crippen LogP contribution is 2.27. The summed E-state index contributed by atoms with van der Waals surface area (Å²) in [6, 6.07) is 9.34. The fourth-order valence-corrected chi connectivity index (χ4v) is 4.47. The Balaban J connectivity index is 1.26. The highest BCUT2D eigenvalue weighted by molar-refractivity contribution is 5.83. The van der Waals surface area contributed by atoms with E-state index in [4.69, 9.17) is 0 Å². The number of aromatic amines is 1. The molecule has 128 valence electrons. The van der Waals surface area contributed by atoms with Crippen LogP contribution in [0.3, 0.4) is 0 Å². The molecule has 4 heteroatoms. The van der Waals surface area contributed by atoms with Crippen molar-refractivity contribution in [2.45, 2.75) is 57.0 Å². The minimum absolute atomic E-state index is 0.229. The molecule has 2 unspecified atom stereocenters. The molecule has 1 aromatic heterocycles. The van der Waals surface area contributed by atoms with Gasteiger partial charge in [0.05, 0.1) is 0 Å². The summed E-state index contributed by atoms with van der Waals surface area (Å²) in [5.41, 5.74) is 2.50. The molecule has 24 heavy (non-hydrogen) atoms. The molecule has 1 aromatic carbocycles. The van der Waals surface area contributed by atoms with Gasteiger partial charge in [-0.05, 0) is 50.3 Å². The van der Waals surface area contributed by atoms with Crippen molar-refractivity contribution in [2.24, 2.45) is 0 Å². The van der Waals surface area contributed by atoms with E-state index >= 15 is 0 Å². The largest absolute Gasteiger partial charge is 0.361 e. The average Bonchev–Trinajstić information content (AvgIpc) is 3.20. The number of nitrogens with one attached hydrogen (secondary N) is 2. The molecule has 0 bridgehead atoms. The van der Waals surface area contributed by atoms with Crippen LogP contribution in [0.15, 0.2) is 30.5 Å². The Morgan fingerprint density at radius 1 is 1.21 bits per heavy atom. The van der Waals surface area contributed by atoms with Crippen molar-refractivity contribution in [2.75, 3.05) is 13.1 Å². The van der Waals surface area contributed by atoms with Gasteiger partial charge in [0.1, 0.15) is 0 Å². The molecule has 2 fully saturated rings. The number of fused-ring (bicyclic) bond motifs is 2. The second kappa shape index (κ2) is 6.98. The van der Waals surface area contributed by atoms with Crippen LogP contribution in [0.5, 0.6) is 0 Å². The number of carbonyl (C=O) groups is 1. The number of rotatable bonds is 5. The van der Waals surface area contributed by atoms with Gasteiger partial charge in [-0.3, -0.25) is 9.69 Å². The van der Waals surface area contributed by atoms with Crippen LogP contribution in [0, 0.1) is 0 Å². The molecular formula is C20H27N3O. The molecule has 3 heterocycles. The second-order valence-corrected chi connectivity index (χ2v) is 7.27. The fourth-order valence-electron chi connectivity index (χ4n) is 4.47. The van der Waals surface area contributed by atoms with Crippen molar-refractivity contribution in [1.82, 2.24) is 15.2 Å². The number of para-hydroxylation sites is 1. The van der Waals surface area contributed by atoms with Gasteiger partial charge < -0.3 is 10.3 Å². The van der Waals surface area contributed by atoms with Crippen LogP contribution in [0.2, 0.25) is 0 Å². The van der Waals surface area contributed by atoms with Crippen molar-refractivity contribution in [3.05, 3.63) is 36.0 Å². The minimum Gasteiger partial charge on any atom is -0.361 e. The summed E-state index contributed by atoms with van der Waals surface area (Å²) in [6.07, 6.45) is 9.59. The first-order chi connectivity index (χ1) is 11.8. The van der Waals surface area contributed by atoms with E-state index < -0.39 is 0 Å². The third kappa shape index (κ3) is 3.20. The third-order valence-corrected chi connectivity index (χ3v) is 5.73. The molecule has 2 aliphatic rings. The zero-order chi connectivity index (χ0) is 16.4. The molecule has 1 amide bonds. The Morgan fingerprint density at radius 2 is 2.12 bits per heavy atom. The summed E-state index contributed by atoms with van der Waals surface area (Å²) in [5, 5.41) is 4.59. The van der Waals surface area contributed by atoms with Crippen molar-refractivity contribution in [1.29, 1.82) is 0 Å². The average molecular weight is 325 g/mol. The third-order valence-electron chi connectivity index (χ3n) is 5.73. The van der Waals surface area contributed by atoms with Crippen LogP contribution in [0.4, 0.5) is 0 Å². The maximum Gasteiger partial charge on any atom is 0.220 e. The van der Waals surface area contributed by atoms with Gasteiger partial charge in [-0.2, -0.15) is 0 Å². The van der Waals surface area contributed by atoms with E-state index in [1.807, 2.05) is 6.07 Å². The maximum atomic E-state index is 12.3. The maximum absolute atomic E-state index is 12.3. The van der Waals surface area contributed by atoms with Gasteiger partial charge in [0, 0.05) is 42.1 Å². The molecule has 0 aliphatic carbocycles. The minimum atomic E-state index is 0.229. The Morgan fingerprint density at radius 3 is 3.08 bits per heavy atom. The van der Waals surface area contributed by atoms with Crippen LogP contribution in [-0.4, -0.2) is 41.0 Å². The first-order valence-corrected chi connectivity index (χ1v) is 9.40. The van der Waals surface area contributed by atoms with Crippen LogP contribution in [0.1, 0.15) is 44.1 Å². The summed E-state index contributed by atoms with van der Waals surface area (Å²) >= 11 is 0. The van der Waals surface area contributed by atoms with Crippen molar-refractivity contribution in [3.63, 3.8) is 0 Å². The molecular weight excluding hydrogens is 298 g/mol. The van der Waals surface area contributed by atoms with E-state index in [-0.39, 0.29) is 5.91 Å². The monoisotopic (exact) mass is 325 g/mol. The summed E-state index contributed by atoms with van der Waals surface area (Å²) < 4.78 is 0. The molecule has 0 saturated carbocycles. The number of amides is 1. The molecule has 4 rings (SSSR count). The number of benzene rings is 1. The van der Waals surface area contributed by atoms with Crippen LogP contribution in [0.25, 0.3) is 10.9 Å².